The van der Waals surface area contributed by atoms with Crippen LogP contribution in [-0.2, 0) is 12.8 Å². The summed E-state index contributed by atoms with van der Waals surface area (Å²) in [6.07, 6.45) is 1.91. The molecule has 3 aromatic carbocycles. The van der Waals surface area contributed by atoms with Crippen LogP contribution in [0, 0.1) is 33.5 Å². The van der Waals surface area contributed by atoms with E-state index in [0.717, 1.165) is 29.8 Å². The number of benzene rings is 3. The summed E-state index contributed by atoms with van der Waals surface area (Å²) in [7, 11) is 1.63. The number of nitriles is 2. The standard InChI is InChI=1S/C34H34N6OS/c1-4-24-10-14-26(15-11-24)38-20-33(18-35)30(28-8-6-7-9-29(28)41-3)34(19-36,21-38)32(42)40-23-39(22-37-31(33)40)27-16-12-25(5-2)13-17-27/h6-17,30H,4-5,20-23H2,1-3H3. The lowest BCUT2D eigenvalue weighted by molar-refractivity contribution is 0.202. The predicted octanol–water partition coefficient (Wildman–Crippen LogP) is 5.92. The summed E-state index contributed by atoms with van der Waals surface area (Å²) in [5.74, 6) is 0.723. The molecule has 0 N–H and O–H groups in total. The Labute approximate surface area is 253 Å². The number of piperidine rings is 2. The van der Waals surface area contributed by atoms with Gasteiger partial charge in [0.25, 0.3) is 0 Å². The molecule has 3 aliphatic rings. The van der Waals surface area contributed by atoms with Gasteiger partial charge in [-0.15, -0.1) is 0 Å². The summed E-state index contributed by atoms with van der Waals surface area (Å²) in [4.78, 5) is 11.9. The molecule has 212 valence electrons. The van der Waals surface area contributed by atoms with Crippen molar-refractivity contribution in [3.8, 4) is 17.9 Å². The van der Waals surface area contributed by atoms with Crippen molar-refractivity contribution in [3.05, 3.63) is 89.5 Å². The van der Waals surface area contributed by atoms with Gasteiger partial charge in [0.1, 0.15) is 34.1 Å². The fourth-order valence-electron chi connectivity index (χ4n) is 6.92. The Hall–Kier alpha value is -4.40. The molecule has 0 saturated carbocycles. The molecular formula is C34H34N6OS. The number of ether oxygens (including phenoxy) is 1. The molecule has 3 atom stereocenters. The Bertz CT molecular complexity index is 1620. The zero-order valence-corrected chi connectivity index (χ0v) is 25.1. The van der Waals surface area contributed by atoms with Crippen LogP contribution in [0.5, 0.6) is 5.75 Å². The van der Waals surface area contributed by atoms with E-state index in [0.29, 0.717) is 43.0 Å². The molecule has 3 aliphatic heterocycles. The molecule has 2 saturated heterocycles. The number of rotatable bonds is 6. The smallest absolute Gasteiger partial charge is 0.141 e. The van der Waals surface area contributed by atoms with Crippen LogP contribution < -0.4 is 14.5 Å². The molecular weight excluding hydrogens is 540 g/mol. The minimum Gasteiger partial charge on any atom is -0.496 e. The van der Waals surface area contributed by atoms with Gasteiger partial charge in [-0.05, 0) is 54.3 Å². The van der Waals surface area contributed by atoms with Gasteiger partial charge >= 0.3 is 0 Å². The number of amidine groups is 1. The Morgan fingerprint density at radius 1 is 0.857 bits per heavy atom. The van der Waals surface area contributed by atoms with Crippen molar-refractivity contribution < 1.29 is 4.74 Å². The molecule has 0 amide bonds. The summed E-state index contributed by atoms with van der Waals surface area (Å²) in [6, 6.07) is 30.0. The Morgan fingerprint density at radius 3 is 2.00 bits per heavy atom. The second-order valence-electron chi connectivity index (χ2n) is 11.3. The van der Waals surface area contributed by atoms with Gasteiger partial charge in [-0.25, -0.2) is 4.99 Å². The Morgan fingerprint density at radius 2 is 1.43 bits per heavy atom. The lowest BCUT2D eigenvalue weighted by Gasteiger charge is -2.61. The second kappa shape index (κ2) is 10.8. The average molecular weight is 575 g/mol. The number of thiocarbonyl (C=S) groups is 1. The normalized spacial score (nSPS) is 24.8. The predicted molar refractivity (Wildman–Crippen MR) is 170 cm³/mol. The van der Waals surface area contributed by atoms with Crippen LogP contribution in [0.25, 0.3) is 0 Å². The van der Waals surface area contributed by atoms with Crippen molar-refractivity contribution in [1.29, 1.82) is 10.5 Å². The zero-order chi connectivity index (χ0) is 29.5. The number of nitrogens with zero attached hydrogens (tertiary/aromatic N) is 6. The number of aliphatic imine (C=N–C) groups is 1. The molecule has 0 spiro atoms. The summed E-state index contributed by atoms with van der Waals surface area (Å²) < 4.78 is 5.81. The molecule has 3 unspecified atom stereocenters. The third kappa shape index (κ3) is 4.13. The number of methoxy groups -OCH3 is 1. The van der Waals surface area contributed by atoms with Gasteiger partial charge in [-0.1, -0.05) is 68.5 Å². The van der Waals surface area contributed by atoms with Gasteiger partial charge in [0.05, 0.1) is 25.9 Å². The van der Waals surface area contributed by atoms with Crippen molar-refractivity contribution in [2.45, 2.75) is 32.6 Å². The van der Waals surface area contributed by atoms with Gasteiger partial charge in [-0.3, -0.25) is 0 Å². The summed E-state index contributed by atoms with van der Waals surface area (Å²) >= 11 is 6.28. The Balaban J connectivity index is 1.53. The van der Waals surface area contributed by atoms with Crippen molar-refractivity contribution in [2.24, 2.45) is 15.8 Å². The van der Waals surface area contributed by atoms with E-state index < -0.39 is 16.7 Å². The van der Waals surface area contributed by atoms with E-state index in [2.05, 4.69) is 84.3 Å². The number of aryl methyl sites for hydroxylation is 2. The maximum Gasteiger partial charge on any atom is 0.141 e. The van der Waals surface area contributed by atoms with Crippen LogP contribution in [0.1, 0.15) is 36.5 Å². The first-order chi connectivity index (χ1) is 20.4. The van der Waals surface area contributed by atoms with Crippen LogP contribution in [0.2, 0.25) is 0 Å². The second-order valence-corrected chi connectivity index (χ2v) is 11.7. The van der Waals surface area contributed by atoms with Crippen LogP contribution in [0.15, 0.2) is 77.8 Å². The minimum absolute atomic E-state index is 0.356. The number of hydrogen-bond acceptors (Lipinski definition) is 7. The summed E-state index contributed by atoms with van der Waals surface area (Å²) in [5, 5.41) is 22.4. The lowest BCUT2D eigenvalue weighted by atomic mass is 9.53. The molecule has 0 radical (unpaired) electrons. The van der Waals surface area contributed by atoms with E-state index in [9.17, 15) is 10.5 Å². The first-order valence-electron chi connectivity index (χ1n) is 14.4. The van der Waals surface area contributed by atoms with Crippen LogP contribution >= 0.6 is 12.2 Å². The largest absolute Gasteiger partial charge is 0.496 e. The van der Waals surface area contributed by atoms with E-state index in [-0.39, 0.29) is 0 Å². The van der Waals surface area contributed by atoms with Crippen molar-refractivity contribution in [2.75, 3.05) is 43.3 Å². The molecule has 2 bridgehead atoms. The third-order valence-corrected chi connectivity index (χ3v) is 9.70. The van der Waals surface area contributed by atoms with Crippen LogP contribution in [0.3, 0.4) is 0 Å². The van der Waals surface area contributed by atoms with Crippen molar-refractivity contribution in [3.63, 3.8) is 0 Å². The first kappa shape index (κ1) is 27.8. The highest BCUT2D eigenvalue weighted by Gasteiger charge is 2.68. The van der Waals surface area contributed by atoms with Crippen LogP contribution in [0.4, 0.5) is 11.4 Å². The number of hydrogen-bond donors (Lipinski definition) is 0. The maximum absolute atomic E-state index is 11.2. The van der Waals surface area contributed by atoms with E-state index in [1.54, 1.807) is 7.11 Å². The molecule has 42 heavy (non-hydrogen) atoms. The van der Waals surface area contributed by atoms with Gasteiger partial charge in [0, 0.05) is 35.9 Å². The molecule has 3 aromatic rings. The summed E-state index contributed by atoms with van der Waals surface area (Å²) in [5.41, 5.74) is 2.98. The highest BCUT2D eigenvalue weighted by Crippen LogP contribution is 2.60. The van der Waals surface area contributed by atoms with Crippen molar-refractivity contribution in [1.82, 2.24) is 4.90 Å². The maximum atomic E-state index is 11.2. The van der Waals surface area contributed by atoms with E-state index in [4.69, 9.17) is 21.9 Å². The average Bonchev–Trinajstić information content (AvgIpc) is 3.06. The molecule has 0 aromatic heterocycles. The van der Waals surface area contributed by atoms with E-state index in [1.165, 1.54) is 11.1 Å². The summed E-state index contributed by atoms with van der Waals surface area (Å²) in [6.45, 7) is 5.83. The van der Waals surface area contributed by atoms with E-state index >= 15 is 0 Å². The third-order valence-electron chi connectivity index (χ3n) is 9.12. The highest BCUT2D eigenvalue weighted by atomic mass is 32.1. The molecule has 7 nitrogen and oxygen atoms in total. The number of para-hydroxylation sites is 1. The molecule has 6 rings (SSSR count). The van der Waals surface area contributed by atoms with Gasteiger partial charge in [0.15, 0.2) is 0 Å². The topological polar surface area (TPSA) is 78.9 Å². The SMILES string of the molecule is CCc1ccc(N2CN=C3N(C2)C(=S)C2(C#N)CN(c4ccc(CC)cc4)CC3(C#N)C2c2ccccc2OC)cc1. The quantitative estimate of drug-likeness (QED) is 0.338. The fourth-order valence-corrected chi connectivity index (χ4v) is 7.29. The van der Waals surface area contributed by atoms with Crippen LogP contribution in [-0.4, -0.2) is 49.3 Å². The first-order valence-corrected chi connectivity index (χ1v) is 14.9. The highest BCUT2D eigenvalue weighted by molar-refractivity contribution is 7.80. The monoisotopic (exact) mass is 574 g/mol. The Kier molecular flexibility index (Phi) is 7.12. The van der Waals surface area contributed by atoms with Gasteiger partial charge in [-0.2, -0.15) is 10.5 Å². The van der Waals surface area contributed by atoms with E-state index in [1.807, 2.05) is 29.2 Å². The minimum atomic E-state index is -1.19. The molecule has 8 heteroatoms. The number of fused-ring (bicyclic) bond motifs is 4. The molecule has 3 heterocycles. The van der Waals surface area contributed by atoms with Gasteiger partial charge in [0.2, 0.25) is 0 Å². The molecule has 2 fully saturated rings. The zero-order valence-electron chi connectivity index (χ0n) is 24.2. The van der Waals surface area contributed by atoms with Crippen molar-refractivity contribution >= 4 is 34.4 Å². The lowest BCUT2D eigenvalue weighted by Crippen LogP contribution is -2.73. The fraction of sp³-hybridized carbons (Fsp3) is 0.353. The number of anilines is 2. The van der Waals surface area contributed by atoms with Gasteiger partial charge < -0.3 is 19.4 Å². The molecule has 0 aliphatic carbocycles.